The largest absolute Gasteiger partial charge is 0.444 e. The third-order valence-corrected chi connectivity index (χ3v) is 6.72. The standard InChI is InChI=1S/C31H34N4O4/c1-21-10-5-6-12-23(21)28(36)32-25-14-8-7-13-24(25)29-33-27-22(11-9-15-26(27)38-29)20-34-16-18-35(19-17-34)30(37)39-31(2,3)4/h5-15H,16-20H2,1-4H3,(H,32,36). The molecule has 8 heteroatoms. The van der Waals surface area contributed by atoms with Gasteiger partial charge >= 0.3 is 6.09 Å². The zero-order valence-electron chi connectivity index (χ0n) is 22.9. The van der Waals surface area contributed by atoms with Crippen molar-refractivity contribution >= 4 is 28.8 Å². The van der Waals surface area contributed by atoms with Gasteiger partial charge in [-0.05, 0) is 63.1 Å². The van der Waals surface area contributed by atoms with E-state index in [-0.39, 0.29) is 12.0 Å². The van der Waals surface area contributed by atoms with Gasteiger partial charge in [-0.3, -0.25) is 9.69 Å². The zero-order chi connectivity index (χ0) is 27.6. The fourth-order valence-electron chi connectivity index (χ4n) is 4.70. The predicted molar refractivity (Wildman–Crippen MR) is 152 cm³/mol. The van der Waals surface area contributed by atoms with Crippen molar-refractivity contribution in [3.05, 3.63) is 83.4 Å². The van der Waals surface area contributed by atoms with Gasteiger partial charge in [-0.25, -0.2) is 9.78 Å². The molecule has 39 heavy (non-hydrogen) atoms. The summed E-state index contributed by atoms with van der Waals surface area (Å²) in [4.78, 5) is 34.3. The smallest absolute Gasteiger partial charge is 0.410 e. The second-order valence-electron chi connectivity index (χ2n) is 10.8. The average Bonchev–Trinajstić information content (AvgIpc) is 3.34. The van der Waals surface area contributed by atoms with Crippen LogP contribution in [0.25, 0.3) is 22.6 Å². The van der Waals surface area contributed by atoms with Gasteiger partial charge in [-0.1, -0.05) is 42.5 Å². The minimum Gasteiger partial charge on any atom is -0.444 e. The second kappa shape index (κ2) is 10.9. The molecule has 1 saturated heterocycles. The first-order valence-corrected chi connectivity index (χ1v) is 13.2. The molecule has 0 spiro atoms. The highest BCUT2D eigenvalue weighted by molar-refractivity contribution is 6.07. The summed E-state index contributed by atoms with van der Waals surface area (Å²) in [5.74, 6) is 0.274. The van der Waals surface area contributed by atoms with Gasteiger partial charge in [-0.2, -0.15) is 0 Å². The summed E-state index contributed by atoms with van der Waals surface area (Å²) in [5, 5.41) is 3.03. The molecule has 0 bridgehead atoms. The van der Waals surface area contributed by atoms with Gasteiger partial charge in [0.05, 0.1) is 11.3 Å². The van der Waals surface area contributed by atoms with Gasteiger partial charge in [0, 0.05) is 38.3 Å². The van der Waals surface area contributed by atoms with Crippen LogP contribution in [0.5, 0.6) is 0 Å². The molecule has 5 rings (SSSR count). The first-order valence-electron chi connectivity index (χ1n) is 13.2. The fourth-order valence-corrected chi connectivity index (χ4v) is 4.70. The second-order valence-corrected chi connectivity index (χ2v) is 10.8. The number of anilines is 1. The van der Waals surface area contributed by atoms with E-state index in [1.54, 1.807) is 4.90 Å². The van der Waals surface area contributed by atoms with E-state index in [2.05, 4.69) is 16.3 Å². The van der Waals surface area contributed by atoms with Crippen molar-refractivity contribution in [3.8, 4) is 11.5 Å². The number of ether oxygens (including phenoxy) is 1. The molecule has 4 aromatic rings. The Morgan fingerprint density at radius 1 is 0.949 bits per heavy atom. The molecule has 8 nitrogen and oxygen atoms in total. The molecule has 0 saturated carbocycles. The Labute approximate surface area is 228 Å². The molecule has 3 aromatic carbocycles. The van der Waals surface area contributed by atoms with Gasteiger partial charge in [0.2, 0.25) is 5.89 Å². The molecular weight excluding hydrogens is 492 g/mol. The van der Waals surface area contributed by atoms with E-state index in [9.17, 15) is 9.59 Å². The number of oxazole rings is 1. The Bertz CT molecular complexity index is 1500. The summed E-state index contributed by atoms with van der Waals surface area (Å²) < 4.78 is 11.7. The minimum absolute atomic E-state index is 0.178. The molecule has 0 radical (unpaired) electrons. The highest BCUT2D eigenvalue weighted by atomic mass is 16.6. The van der Waals surface area contributed by atoms with E-state index in [1.165, 1.54) is 0 Å². The van der Waals surface area contributed by atoms with Crippen LogP contribution in [0.4, 0.5) is 10.5 Å². The number of para-hydroxylation sites is 2. The van der Waals surface area contributed by atoms with Crippen molar-refractivity contribution < 1.29 is 18.7 Å². The van der Waals surface area contributed by atoms with Crippen molar-refractivity contribution in [2.45, 2.75) is 39.8 Å². The predicted octanol–water partition coefficient (Wildman–Crippen LogP) is 6.11. The van der Waals surface area contributed by atoms with Crippen molar-refractivity contribution in [2.24, 2.45) is 0 Å². The number of nitrogens with zero attached hydrogens (tertiary/aromatic N) is 3. The summed E-state index contributed by atoms with van der Waals surface area (Å²) in [6, 6.07) is 21.0. The number of benzene rings is 3. The average molecular weight is 527 g/mol. The number of rotatable bonds is 5. The quantitative estimate of drug-likeness (QED) is 0.338. The lowest BCUT2D eigenvalue weighted by molar-refractivity contribution is 0.0139. The van der Waals surface area contributed by atoms with Crippen LogP contribution in [0.15, 0.2) is 71.1 Å². The maximum absolute atomic E-state index is 13.0. The molecule has 1 aliphatic heterocycles. The Balaban J connectivity index is 1.32. The Kier molecular flexibility index (Phi) is 7.39. The number of nitrogens with one attached hydrogen (secondary N) is 1. The summed E-state index contributed by atoms with van der Waals surface area (Å²) in [6.45, 7) is 11.0. The lowest BCUT2D eigenvalue weighted by Crippen LogP contribution is -2.49. The number of hydrogen-bond donors (Lipinski definition) is 1. The molecule has 2 heterocycles. The van der Waals surface area contributed by atoms with Crippen molar-refractivity contribution in [1.29, 1.82) is 0 Å². The minimum atomic E-state index is -0.504. The van der Waals surface area contributed by atoms with E-state index >= 15 is 0 Å². The van der Waals surface area contributed by atoms with Crippen LogP contribution in [-0.2, 0) is 11.3 Å². The van der Waals surface area contributed by atoms with Crippen molar-refractivity contribution in [1.82, 2.24) is 14.8 Å². The van der Waals surface area contributed by atoms with Gasteiger partial charge in [-0.15, -0.1) is 0 Å². The van der Waals surface area contributed by atoms with Gasteiger partial charge in [0.25, 0.3) is 5.91 Å². The maximum atomic E-state index is 13.0. The molecule has 1 aromatic heterocycles. The Hall–Kier alpha value is -4.17. The number of hydrogen-bond acceptors (Lipinski definition) is 6. The molecule has 202 valence electrons. The Morgan fingerprint density at radius 3 is 2.41 bits per heavy atom. The summed E-state index contributed by atoms with van der Waals surface area (Å²) in [5.41, 5.74) is 4.91. The van der Waals surface area contributed by atoms with E-state index in [4.69, 9.17) is 14.1 Å². The van der Waals surface area contributed by atoms with Crippen LogP contribution in [-0.4, -0.2) is 58.6 Å². The lowest BCUT2D eigenvalue weighted by atomic mass is 10.1. The van der Waals surface area contributed by atoms with Crippen LogP contribution in [0.2, 0.25) is 0 Å². The molecule has 0 atom stereocenters. The number of piperazine rings is 1. The van der Waals surface area contributed by atoms with E-state index in [0.29, 0.717) is 47.9 Å². The first kappa shape index (κ1) is 26.4. The molecular formula is C31H34N4O4. The van der Waals surface area contributed by atoms with Crippen LogP contribution in [0, 0.1) is 6.92 Å². The van der Waals surface area contributed by atoms with E-state index < -0.39 is 5.60 Å². The number of fused-ring (bicyclic) bond motifs is 1. The highest BCUT2D eigenvalue weighted by Gasteiger charge is 2.26. The van der Waals surface area contributed by atoms with Crippen LogP contribution < -0.4 is 5.32 Å². The van der Waals surface area contributed by atoms with Gasteiger partial charge in [0.15, 0.2) is 5.58 Å². The van der Waals surface area contributed by atoms with Crippen LogP contribution in [0.3, 0.4) is 0 Å². The van der Waals surface area contributed by atoms with Gasteiger partial charge < -0.3 is 19.4 Å². The normalized spacial score (nSPS) is 14.4. The summed E-state index contributed by atoms with van der Waals surface area (Å²) in [6.07, 6.45) is -0.265. The van der Waals surface area contributed by atoms with Crippen molar-refractivity contribution in [3.63, 3.8) is 0 Å². The molecule has 0 unspecified atom stereocenters. The van der Waals surface area contributed by atoms with Gasteiger partial charge in [0.1, 0.15) is 11.1 Å². The van der Waals surface area contributed by atoms with Crippen LogP contribution in [0.1, 0.15) is 42.3 Å². The number of amides is 2. The number of carbonyl (C=O) groups is 2. The lowest BCUT2D eigenvalue weighted by Gasteiger charge is -2.35. The molecule has 1 aliphatic rings. The monoisotopic (exact) mass is 526 g/mol. The van der Waals surface area contributed by atoms with E-state index in [0.717, 1.165) is 29.7 Å². The number of aromatic nitrogens is 1. The third-order valence-electron chi connectivity index (χ3n) is 6.72. The number of aryl methyl sites for hydroxylation is 1. The molecule has 2 amide bonds. The first-order chi connectivity index (χ1) is 18.7. The van der Waals surface area contributed by atoms with Crippen molar-refractivity contribution in [2.75, 3.05) is 31.5 Å². The Morgan fingerprint density at radius 2 is 1.67 bits per heavy atom. The molecule has 0 aliphatic carbocycles. The van der Waals surface area contributed by atoms with E-state index in [1.807, 2.05) is 88.4 Å². The highest BCUT2D eigenvalue weighted by Crippen LogP contribution is 2.32. The summed E-state index contributed by atoms with van der Waals surface area (Å²) >= 11 is 0. The molecule has 1 fully saturated rings. The summed E-state index contributed by atoms with van der Waals surface area (Å²) in [7, 11) is 0. The van der Waals surface area contributed by atoms with Crippen LogP contribution >= 0.6 is 0 Å². The maximum Gasteiger partial charge on any atom is 0.410 e. The third kappa shape index (κ3) is 6.12. The molecule has 1 N–H and O–H groups in total. The zero-order valence-corrected chi connectivity index (χ0v) is 22.9. The topological polar surface area (TPSA) is 87.9 Å². The number of carbonyl (C=O) groups excluding carboxylic acids is 2. The fraction of sp³-hybridized carbons (Fsp3) is 0.323. The SMILES string of the molecule is Cc1ccccc1C(=O)Nc1ccccc1-c1nc2c(CN3CCN(C(=O)OC(C)(C)C)CC3)cccc2o1.